The Morgan fingerprint density at radius 1 is 0.223 bits per heavy atom. The largest absolute Gasteiger partial charge is 0.470 e. The molecule has 19 aromatic rings. The van der Waals surface area contributed by atoms with Gasteiger partial charge < -0.3 is 85.3 Å². The van der Waals surface area contributed by atoms with Gasteiger partial charge in [-0.25, -0.2) is 59.8 Å². The monoisotopic (exact) mass is 1790 g/mol. The van der Waals surface area contributed by atoms with Crippen molar-refractivity contribution in [3.63, 3.8) is 0 Å². The maximum atomic E-state index is 5.74. The van der Waals surface area contributed by atoms with Gasteiger partial charge in [0.15, 0.2) is 0 Å². The van der Waals surface area contributed by atoms with Gasteiger partial charge in [0.05, 0.1) is 94.7 Å². The number of nitrogen functional groups attached to an aromatic ring is 6. The zero-order chi connectivity index (χ0) is 88.2. The fourth-order valence-corrected chi connectivity index (χ4v) is 18.7. The second kappa shape index (κ2) is 38.7. The van der Waals surface area contributed by atoms with Crippen LogP contribution in [0.25, 0.3) is 77.2 Å². The van der Waals surface area contributed by atoms with Crippen molar-refractivity contribution in [2.75, 3.05) is 103 Å². The highest BCUT2D eigenvalue weighted by molar-refractivity contribution is 8.18. The molecule has 28 nitrogen and oxygen atoms in total. The molecule has 0 spiro atoms. The van der Waals surface area contributed by atoms with Crippen LogP contribution in [0, 0.1) is 0 Å². The lowest BCUT2D eigenvalue weighted by atomic mass is 10.00. The number of para-hydroxylation sites is 8. The number of nitrogens with two attached hydrogens (primary N) is 6. The van der Waals surface area contributed by atoms with E-state index in [0.717, 1.165) is 235 Å². The van der Waals surface area contributed by atoms with E-state index in [1.54, 1.807) is 47.0 Å². The smallest absolute Gasteiger partial charge is 0.281 e. The topological polar surface area (TPSA) is 420 Å². The number of nitrogens with one attached hydrogen (secondary N) is 6. The van der Waals surface area contributed by atoms with Gasteiger partial charge in [-0.15, -0.1) is 23.5 Å². The molecule has 10 heterocycles. The van der Waals surface area contributed by atoms with Crippen LogP contribution < -0.4 is 85.3 Å². The second-order valence-corrected chi connectivity index (χ2v) is 34.6. The number of fused-ring (bicyclic) bond motifs is 12. The fraction of sp³-hybridized carbons (Fsp3) is 0.102. The fourth-order valence-electron chi connectivity index (χ4n) is 14.5. The summed E-state index contributed by atoms with van der Waals surface area (Å²) in [7, 11) is 0. The number of nitrogens with zero attached hydrogens (tertiary/aromatic N) is 12. The van der Waals surface area contributed by atoms with Crippen LogP contribution in [0.1, 0.15) is 24.2 Å². The van der Waals surface area contributed by atoms with E-state index in [1.165, 1.54) is 18.5 Å². The number of aryl methyl sites for hydroxylation is 2. The Hall–Kier alpha value is -15.6. The lowest BCUT2D eigenvalue weighted by Crippen LogP contribution is -2.17. The van der Waals surface area contributed by atoms with E-state index < -0.39 is 0 Å². The highest BCUT2D eigenvalue weighted by atomic mass is 32.2. The minimum Gasteiger partial charge on any atom is -0.470 e. The third-order valence-corrected chi connectivity index (χ3v) is 25.4. The molecule has 0 fully saturated rings. The molecule has 0 bridgehead atoms. The van der Waals surface area contributed by atoms with Crippen LogP contribution in [-0.4, -0.2) is 96.4 Å². The maximum absolute atomic E-state index is 5.74. The standard InChI is InChI=1S/C18H18N4.C18H14N4.C16H14N4O2.C16H14N4S2.C15H12N4O2.C15H12N4S2/c2*19-12-8-10-13(11-9-12)20-16-6-3-7-17-18(16)22-15-5-2-1-4-14(15)21-17;2*17-10-4-6-11(7-5-10)18-12-2-1-3-13-14(12)20-16-15(19-13)21-8-9-22-16;2*16-9-4-6-10(7-5-9)17-11-2-1-3-12-13(11)19-15-14(18-12)20-8-21-15/h3,6-11,20H,1-2,4-5,19H2;1-11,20H,19H2;2*1-7,18H,8-9,17H2;2*1-7,17H,8,16H2. The summed E-state index contributed by atoms with van der Waals surface area (Å²) >= 11 is 7.06. The summed E-state index contributed by atoms with van der Waals surface area (Å²) in [4.78, 5) is 56.0. The van der Waals surface area contributed by atoms with E-state index in [-0.39, 0.29) is 6.79 Å². The maximum Gasteiger partial charge on any atom is 0.281 e. The third-order valence-electron chi connectivity index (χ3n) is 20.9. The Balaban J connectivity index is 0.000000101. The molecule has 0 radical (unpaired) electrons. The van der Waals surface area contributed by atoms with Crippen LogP contribution in [0.3, 0.4) is 0 Å². The van der Waals surface area contributed by atoms with Gasteiger partial charge in [0.2, 0.25) is 6.79 Å². The van der Waals surface area contributed by atoms with Crippen molar-refractivity contribution in [3.8, 4) is 23.5 Å². The van der Waals surface area contributed by atoms with Gasteiger partial charge in [0, 0.05) is 79.8 Å². The average molecular weight is 1790 g/mol. The van der Waals surface area contributed by atoms with Gasteiger partial charge in [-0.05, 0) is 256 Å². The van der Waals surface area contributed by atoms with E-state index in [4.69, 9.17) is 88.2 Å². The molecular weight excluding hydrogens is 1710 g/mol. The molecule has 0 saturated carbocycles. The molecule has 13 aromatic carbocycles. The highest BCUT2D eigenvalue weighted by Crippen LogP contribution is 2.43. The van der Waals surface area contributed by atoms with Crippen LogP contribution in [0.15, 0.2) is 299 Å². The van der Waals surface area contributed by atoms with Gasteiger partial charge in [0.1, 0.15) is 66.4 Å². The van der Waals surface area contributed by atoms with Crippen LogP contribution >= 0.6 is 47.0 Å². The molecule has 0 saturated heterocycles. The van der Waals surface area contributed by atoms with Crippen LogP contribution in [-0.2, 0) is 12.8 Å². The van der Waals surface area contributed by atoms with E-state index in [9.17, 15) is 0 Å². The van der Waals surface area contributed by atoms with Crippen molar-refractivity contribution in [2.24, 2.45) is 0 Å². The van der Waals surface area contributed by atoms with Crippen LogP contribution in [0.4, 0.5) is 102 Å². The van der Waals surface area contributed by atoms with Gasteiger partial charge in [-0.3, -0.25) is 0 Å². The Morgan fingerprint density at radius 2 is 0.485 bits per heavy atom. The first-order valence-corrected chi connectivity index (χ1v) is 45.7. The summed E-state index contributed by atoms with van der Waals surface area (Å²) < 4.78 is 21.5. The minimum absolute atomic E-state index is 0.159. The molecule has 18 N–H and O–H groups in total. The molecule has 4 aliphatic heterocycles. The summed E-state index contributed by atoms with van der Waals surface area (Å²) in [6, 6.07) is 89.3. The SMILES string of the molecule is Nc1ccc(Nc2cccc3nc4c(nc23)CCCC4)cc1.Nc1ccc(Nc2cccc3nc4c(nc23)OCCO4)cc1.Nc1ccc(Nc2cccc3nc4c(nc23)OCO4)cc1.Nc1ccc(Nc2cccc3nc4c(nc23)SCCS4)cc1.Nc1ccc(Nc2cccc3nc4c(nc23)SCS4)cc1.Nc1ccc(Nc2cccc3nc4ccccc4nc23)cc1. The predicted octanol–water partition coefficient (Wildman–Crippen LogP) is 21.6. The lowest BCUT2D eigenvalue weighted by Gasteiger charge is -2.17. The van der Waals surface area contributed by atoms with E-state index >= 15 is 0 Å². The first kappa shape index (κ1) is 83.9. The van der Waals surface area contributed by atoms with E-state index in [0.29, 0.717) is 36.7 Å². The predicted molar refractivity (Wildman–Crippen MR) is 531 cm³/mol. The lowest BCUT2D eigenvalue weighted by molar-refractivity contribution is 0.158. The van der Waals surface area contributed by atoms with E-state index in [2.05, 4.69) is 56.8 Å². The van der Waals surface area contributed by atoms with Crippen molar-refractivity contribution in [2.45, 2.75) is 45.8 Å². The number of thioether (sulfide) groups is 4. The quantitative estimate of drug-likeness (QED) is 0.0399. The summed E-state index contributed by atoms with van der Waals surface area (Å²) in [6.45, 7) is 1.14. The first-order chi connectivity index (χ1) is 63.8. The number of benzene rings is 13. The molecule has 0 atom stereocenters. The molecule has 6 aromatic heterocycles. The molecule has 130 heavy (non-hydrogen) atoms. The van der Waals surface area contributed by atoms with Crippen LogP contribution in [0.2, 0.25) is 0 Å². The number of aromatic nitrogens is 12. The number of anilines is 18. The Bertz CT molecular complexity index is 6870. The molecular formula is C98H84N24O4S4. The number of ether oxygens (including phenoxy) is 4. The number of hydrogen-bond acceptors (Lipinski definition) is 32. The third kappa shape index (κ3) is 19.9. The summed E-state index contributed by atoms with van der Waals surface area (Å²) in [5.41, 5.74) is 64.5. The molecule has 24 rings (SSSR count). The molecule has 32 heteroatoms. The van der Waals surface area contributed by atoms with Crippen molar-refractivity contribution >= 4 is 227 Å². The molecule has 5 aliphatic rings. The molecule has 0 amide bonds. The molecule has 1 aliphatic carbocycles. The summed E-state index contributed by atoms with van der Waals surface area (Å²) in [5, 5.41) is 25.4. The Labute approximate surface area is 762 Å². The van der Waals surface area contributed by atoms with Crippen molar-refractivity contribution in [1.82, 2.24) is 59.8 Å². The summed E-state index contributed by atoms with van der Waals surface area (Å²) in [6.07, 6.45) is 4.51. The molecule has 644 valence electrons. The van der Waals surface area contributed by atoms with Gasteiger partial charge in [-0.1, -0.05) is 72.1 Å². The second-order valence-electron chi connectivity index (χ2n) is 30.1. The Kier molecular flexibility index (Phi) is 25.0. The zero-order valence-corrected chi connectivity index (χ0v) is 73.0. The number of rotatable bonds is 12. The molecule has 0 unspecified atom stereocenters. The van der Waals surface area contributed by atoms with Gasteiger partial charge in [-0.2, -0.15) is 0 Å². The van der Waals surface area contributed by atoms with Crippen molar-refractivity contribution in [3.05, 3.63) is 290 Å². The van der Waals surface area contributed by atoms with E-state index in [1.807, 2.05) is 279 Å². The minimum atomic E-state index is 0.159. The van der Waals surface area contributed by atoms with Gasteiger partial charge >= 0.3 is 0 Å². The van der Waals surface area contributed by atoms with Crippen LogP contribution in [0.5, 0.6) is 23.5 Å². The normalized spacial score (nSPS) is 12.9. The zero-order valence-electron chi connectivity index (χ0n) is 69.7. The number of hydrogen-bond donors (Lipinski definition) is 12. The highest BCUT2D eigenvalue weighted by Gasteiger charge is 2.24. The van der Waals surface area contributed by atoms with Gasteiger partial charge in [0.25, 0.3) is 23.5 Å². The first-order valence-electron chi connectivity index (χ1n) is 41.7. The van der Waals surface area contributed by atoms with Crippen molar-refractivity contribution < 1.29 is 18.9 Å². The average Bonchev–Trinajstić information content (AvgIpc) is 1.75. The summed E-state index contributed by atoms with van der Waals surface area (Å²) in [5.74, 6) is 3.93. The Morgan fingerprint density at radius 3 is 0.862 bits per heavy atom. The van der Waals surface area contributed by atoms with Crippen molar-refractivity contribution in [1.29, 1.82) is 0 Å².